The lowest BCUT2D eigenvalue weighted by Gasteiger charge is -2.41. The molecule has 0 aromatic heterocycles. The van der Waals surface area contributed by atoms with Gasteiger partial charge in [-0.1, -0.05) is 6.07 Å². The molecule has 1 N–H and O–H groups in total. The van der Waals surface area contributed by atoms with E-state index in [1.165, 1.54) is 11.1 Å². The van der Waals surface area contributed by atoms with E-state index in [4.69, 9.17) is 4.74 Å². The summed E-state index contributed by atoms with van der Waals surface area (Å²) in [6.07, 6.45) is 2.30. The molecule has 0 aliphatic carbocycles. The van der Waals surface area contributed by atoms with Gasteiger partial charge < -0.3 is 19.9 Å². The van der Waals surface area contributed by atoms with E-state index >= 15 is 0 Å². The summed E-state index contributed by atoms with van der Waals surface area (Å²) in [4.78, 5) is 28.5. The monoisotopic (exact) mass is 359 g/mol. The van der Waals surface area contributed by atoms with Crippen LogP contribution in [0.25, 0.3) is 0 Å². The molecule has 2 heterocycles. The molecule has 0 saturated carbocycles. The van der Waals surface area contributed by atoms with Crippen LogP contribution in [-0.2, 0) is 9.59 Å². The Labute approximate surface area is 155 Å². The van der Waals surface area contributed by atoms with Crippen molar-refractivity contribution >= 4 is 11.8 Å². The number of nitrogens with one attached hydrogen (secondary N) is 1. The van der Waals surface area contributed by atoms with Crippen molar-refractivity contribution in [2.45, 2.75) is 39.2 Å². The largest absolute Gasteiger partial charge is 0.493 e. The van der Waals surface area contributed by atoms with Gasteiger partial charge in [0.15, 0.2) is 0 Å². The number of hydrogen-bond donors (Lipinski definition) is 1. The predicted octanol–water partition coefficient (Wildman–Crippen LogP) is 1.50. The van der Waals surface area contributed by atoms with Crippen LogP contribution in [-0.4, -0.2) is 67.0 Å². The van der Waals surface area contributed by atoms with Gasteiger partial charge in [0.1, 0.15) is 5.75 Å². The van der Waals surface area contributed by atoms with Crippen LogP contribution in [0.1, 0.15) is 30.4 Å². The topological polar surface area (TPSA) is 61.9 Å². The second-order valence-electron chi connectivity index (χ2n) is 7.24. The number of piperidine rings is 1. The minimum absolute atomic E-state index is 0.112. The maximum atomic E-state index is 12.5. The highest BCUT2D eigenvalue weighted by Gasteiger charge is 2.31. The van der Waals surface area contributed by atoms with Crippen molar-refractivity contribution < 1.29 is 14.3 Å². The first-order valence-electron chi connectivity index (χ1n) is 9.52. The van der Waals surface area contributed by atoms with Gasteiger partial charge in [0.05, 0.1) is 19.6 Å². The van der Waals surface area contributed by atoms with Gasteiger partial charge in [-0.2, -0.15) is 0 Å². The van der Waals surface area contributed by atoms with Crippen LogP contribution in [0.3, 0.4) is 0 Å². The normalized spacial score (nSPS) is 21.0. The molecule has 2 saturated heterocycles. The van der Waals surface area contributed by atoms with E-state index in [1.807, 2.05) is 28.0 Å². The van der Waals surface area contributed by atoms with E-state index in [-0.39, 0.29) is 17.9 Å². The number of carbonyl (C=O) groups is 2. The zero-order chi connectivity index (χ0) is 18.5. The number of hydrogen-bond acceptors (Lipinski definition) is 4. The summed E-state index contributed by atoms with van der Waals surface area (Å²) >= 11 is 0. The predicted molar refractivity (Wildman–Crippen MR) is 100 cm³/mol. The number of aryl methyl sites for hydroxylation is 2. The molecule has 2 aliphatic rings. The molecular formula is C20H29N3O3. The molecule has 0 radical (unpaired) electrons. The molecule has 2 fully saturated rings. The van der Waals surface area contributed by atoms with Gasteiger partial charge in [0.25, 0.3) is 0 Å². The Morgan fingerprint density at radius 1 is 1.27 bits per heavy atom. The highest BCUT2D eigenvalue weighted by Crippen LogP contribution is 2.19. The van der Waals surface area contributed by atoms with E-state index in [1.54, 1.807) is 0 Å². The third-order valence-electron chi connectivity index (χ3n) is 5.38. The van der Waals surface area contributed by atoms with Gasteiger partial charge in [-0.3, -0.25) is 9.59 Å². The van der Waals surface area contributed by atoms with Crippen LogP contribution >= 0.6 is 0 Å². The van der Waals surface area contributed by atoms with Gasteiger partial charge in [0, 0.05) is 32.2 Å². The lowest BCUT2D eigenvalue weighted by molar-refractivity contribution is -0.140. The summed E-state index contributed by atoms with van der Waals surface area (Å²) in [6.45, 7) is 7.91. The van der Waals surface area contributed by atoms with Crippen LogP contribution < -0.4 is 10.1 Å². The van der Waals surface area contributed by atoms with Crippen molar-refractivity contribution in [2.24, 2.45) is 0 Å². The maximum absolute atomic E-state index is 12.5. The van der Waals surface area contributed by atoms with Gasteiger partial charge in [0.2, 0.25) is 11.8 Å². The molecule has 142 valence electrons. The van der Waals surface area contributed by atoms with Crippen LogP contribution in [0.5, 0.6) is 5.75 Å². The summed E-state index contributed by atoms with van der Waals surface area (Å²) in [5.74, 6) is 1.07. The number of likely N-dealkylation sites (tertiary alicyclic amines) is 1. The zero-order valence-corrected chi connectivity index (χ0v) is 15.8. The average Bonchev–Trinajstić information content (AvgIpc) is 2.65. The average molecular weight is 359 g/mol. The molecule has 1 aromatic rings. The Bertz CT molecular complexity index is 662. The summed E-state index contributed by atoms with van der Waals surface area (Å²) in [5.41, 5.74) is 2.42. The molecule has 3 rings (SSSR count). The first kappa shape index (κ1) is 18.7. The zero-order valence-electron chi connectivity index (χ0n) is 15.8. The van der Waals surface area contributed by atoms with Crippen molar-refractivity contribution in [3.05, 3.63) is 29.3 Å². The number of carbonyl (C=O) groups excluding carboxylic acids is 2. The minimum atomic E-state index is 0.112. The minimum Gasteiger partial charge on any atom is -0.493 e. The number of rotatable bonds is 5. The fraction of sp³-hybridized carbons (Fsp3) is 0.600. The van der Waals surface area contributed by atoms with Crippen molar-refractivity contribution in [2.75, 3.05) is 39.3 Å². The Balaban J connectivity index is 1.47. The lowest BCUT2D eigenvalue weighted by Crippen LogP contribution is -2.57. The first-order valence-corrected chi connectivity index (χ1v) is 9.52. The van der Waals surface area contributed by atoms with Gasteiger partial charge in [-0.05, 0) is 49.9 Å². The maximum Gasteiger partial charge on any atom is 0.236 e. The van der Waals surface area contributed by atoms with Gasteiger partial charge in [-0.15, -0.1) is 0 Å². The molecule has 2 aliphatic heterocycles. The molecule has 6 heteroatoms. The number of piperazine rings is 1. The summed E-state index contributed by atoms with van der Waals surface area (Å²) < 4.78 is 5.74. The summed E-state index contributed by atoms with van der Waals surface area (Å²) in [7, 11) is 0. The van der Waals surface area contributed by atoms with Crippen molar-refractivity contribution in [3.63, 3.8) is 0 Å². The number of amides is 2. The standard InChI is InChI=1S/C20H29N3O3/c1-15-5-6-18(12-16(15)2)26-11-7-19(24)22-9-3-4-17(14-22)23-10-8-21-13-20(23)25/h5-6,12,17,21H,3-4,7-11,13-14H2,1-2H3. The van der Waals surface area contributed by atoms with E-state index in [0.29, 0.717) is 26.1 Å². The van der Waals surface area contributed by atoms with Crippen molar-refractivity contribution in [3.8, 4) is 5.75 Å². The Morgan fingerprint density at radius 2 is 2.12 bits per heavy atom. The summed E-state index contributed by atoms with van der Waals surface area (Å²) in [5, 5.41) is 3.10. The SMILES string of the molecule is Cc1ccc(OCCC(=O)N2CCCC(N3CCNCC3=O)C2)cc1C. The Kier molecular flexibility index (Phi) is 6.14. The highest BCUT2D eigenvalue weighted by molar-refractivity contribution is 5.80. The molecule has 2 amide bonds. The van der Waals surface area contributed by atoms with Crippen LogP contribution in [0.2, 0.25) is 0 Å². The van der Waals surface area contributed by atoms with Crippen LogP contribution in [0.4, 0.5) is 0 Å². The number of benzene rings is 1. The van der Waals surface area contributed by atoms with E-state index < -0.39 is 0 Å². The molecular weight excluding hydrogens is 330 g/mol. The van der Waals surface area contributed by atoms with E-state index in [0.717, 1.165) is 38.2 Å². The Morgan fingerprint density at radius 3 is 2.88 bits per heavy atom. The fourth-order valence-corrected chi connectivity index (χ4v) is 3.66. The van der Waals surface area contributed by atoms with Gasteiger partial charge in [-0.25, -0.2) is 0 Å². The summed E-state index contributed by atoms with van der Waals surface area (Å²) in [6, 6.07) is 6.14. The Hall–Kier alpha value is -2.08. The molecule has 1 atom stereocenters. The van der Waals surface area contributed by atoms with Gasteiger partial charge >= 0.3 is 0 Å². The van der Waals surface area contributed by atoms with Crippen LogP contribution in [0.15, 0.2) is 18.2 Å². The molecule has 26 heavy (non-hydrogen) atoms. The highest BCUT2D eigenvalue weighted by atomic mass is 16.5. The molecule has 0 bridgehead atoms. The van der Waals surface area contributed by atoms with Crippen LogP contribution in [0, 0.1) is 13.8 Å². The fourth-order valence-electron chi connectivity index (χ4n) is 3.66. The van der Waals surface area contributed by atoms with Crippen molar-refractivity contribution in [1.82, 2.24) is 15.1 Å². The second kappa shape index (κ2) is 8.54. The quantitative estimate of drug-likeness (QED) is 0.865. The third-order valence-corrected chi connectivity index (χ3v) is 5.38. The lowest BCUT2D eigenvalue weighted by atomic mass is 10.0. The first-order chi connectivity index (χ1) is 12.5. The molecule has 1 unspecified atom stereocenters. The number of ether oxygens (including phenoxy) is 1. The molecule has 6 nitrogen and oxygen atoms in total. The molecule has 1 aromatic carbocycles. The van der Waals surface area contributed by atoms with E-state index in [9.17, 15) is 9.59 Å². The molecule has 0 spiro atoms. The van der Waals surface area contributed by atoms with E-state index in [2.05, 4.69) is 19.2 Å². The second-order valence-corrected chi connectivity index (χ2v) is 7.24. The third kappa shape index (κ3) is 4.55. The smallest absolute Gasteiger partial charge is 0.236 e. The number of nitrogens with zero attached hydrogens (tertiary/aromatic N) is 2. The van der Waals surface area contributed by atoms with Crippen molar-refractivity contribution in [1.29, 1.82) is 0 Å².